The standard InChI is InChI=1S/C21H26N2O2/c1-16(22-17(2)24)15-18-3-5-19(6-4-18)20-7-9-21(10-8-20)23-11-13-25-14-12-23/h3-10,16H,11-15H2,1-2H3,(H,22,24). The van der Waals surface area contributed by atoms with Crippen molar-refractivity contribution in [1.82, 2.24) is 5.32 Å². The highest BCUT2D eigenvalue weighted by Gasteiger charge is 2.11. The van der Waals surface area contributed by atoms with Crippen LogP contribution in [0.1, 0.15) is 19.4 Å². The van der Waals surface area contributed by atoms with Crippen LogP contribution in [0.15, 0.2) is 48.5 Å². The Hall–Kier alpha value is -2.33. The smallest absolute Gasteiger partial charge is 0.217 e. The molecule has 0 bridgehead atoms. The van der Waals surface area contributed by atoms with Gasteiger partial charge in [0, 0.05) is 31.7 Å². The Balaban J connectivity index is 1.64. The molecule has 1 saturated heterocycles. The molecule has 1 atom stereocenters. The number of hydrogen-bond donors (Lipinski definition) is 1. The zero-order chi connectivity index (χ0) is 17.6. The van der Waals surface area contributed by atoms with Gasteiger partial charge in [0.1, 0.15) is 0 Å². The molecule has 0 saturated carbocycles. The number of hydrogen-bond acceptors (Lipinski definition) is 3. The molecule has 0 radical (unpaired) electrons. The van der Waals surface area contributed by atoms with Gasteiger partial charge < -0.3 is 15.0 Å². The number of benzene rings is 2. The van der Waals surface area contributed by atoms with E-state index < -0.39 is 0 Å². The second-order valence-electron chi connectivity index (χ2n) is 6.65. The van der Waals surface area contributed by atoms with Crippen LogP contribution >= 0.6 is 0 Å². The number of rotatable bonds is 5. The summed E-state index contributed by atoms with van der Waals surface area (Å²) in [5.41, 5.74) is 4.92. The van der Waals surface area contributed by atoms with E-state index in [0.29, 0.717) is 0 Å². The molecular formula is C21H26N2O2. The first-order chi connectivity index (χ1) is 12.1. The average Bonchev–Trinajstić information content (AvgIpc) is 2.62. The summed E-state index contributed by atoms with van der Waals surface area (Å²) in [6, 6.07) is 17.5. The summed E-state index contributed by atoms with van der Waals surface area (Å²) in [5, 5.41) is 2.92. The first-order valence-corrected chi connectivity index (χ1v) is 8.91. The lowest BCUT2D eigenvalue weighted by Crippen LogP contribution is -2.36. The topological polar surface area (TPSA) is 41.6 Å². The number of nitrogens with one attached hydrogen (secondary N) is 1. The number of carbonyl (C=O) groups excluding carboxylic acids is 1. The molecule has 1 N–H and O–H groups in total. The zero-order valence-corrected chi connectivity index (χ0v) is 15.0. The molecule has 0 aromatic heterocycles. The van der Waals surface area contributed by atoms with Gasteiger partial charge in [0.05, 0.1) is 13.2 Å². The molecule has 1 unspecified atom stereocenters. The van der Waals surface area contributed by atoms with Crippen molar-refractivity contribution < 1.29 is 9.53 Å². The van der Waals surface area contributed by atoms with Crippen molar-refractivity contribution in [2.75, 3.05) is 31.2 Å². The van der Waals surface area contributed by atoms with Crippen LogP contribution in [0.25, 0.3) is 11.1 Å². The van der Waals surface area contributed by atoms with Crippen molar-refractivity contribution in [2.45, 2.75) is 26.3 Å². The van der Waals surface area contributed by atoms with E-state index in [1.165, 1.54) is 22.4 Å². The summed E-state index contributed by atoms with van der Waals surface area (Å²) in [6.07, 6.45) is 0.843. The van der Waals surface area contributed by atoms with Crippen LogP contribution < -0.4 is 10.2 Å². The Morgan fingerprint density at radius 2 is 1.60 bits per heavy atom. The molecule has 1 aliphatic rings. The van der Waals surface area contributed by atoms with Crippen molar-refractivity contribution >= 4 is 11.6 Å². The predicted octanol–water partition coefficient (Wildman–Crippen LogP) is 3.26. The van der Waals surface area contributed by atoms with Gasteiger partial charge >= 0.3 is 0 Å². The number of amides is 1. The van der Waals surface area contributed by atoms with Crippen LogP contribution in [0.4, 0.5) is 5.69 Å². The van der Waals surface area contributed by atoms with Crippen molar-refractivity contribution in [1.29, 1.82) is 0 Å². The largest absolute Gasteiger partial charge is 0.378 e. The Kier molecular flexibility index (Phi) is 5.71. The first kappa shape index (κ1) is 17.5. The Bertz CT molecular complexity index is 689. The van der Waals surface area contributed by atoms with Crippen molar-refractivity contribution in [3.63, 3.8) is 0 Å². The summed E-state index contributed by atoms with van der Waals surface area (Å²) >= 11 is 0. The number of morpholine rings is 1. The van der Waals surface area contributed by atoms with Gasteiger partial charge in [-0.05, 0) is 42.2 Å². The highest BCUT2D eigenvalue weighted by molar-refractivity contribution is 5.73. The maximum atomic E-state index is 11.1. The van der Waals surface area contributed by atoms with Crippen LogP contribution in [-0.4, -0.2) is 38.3 Å². The quantitative estimate of drug-likeness (QED) is 0.910. The number of carbonyl (C=O) groups is 1. The monoisotopic (exact) mass is 338 g/mol. The number of anilines is 1. The molecule has 1 amide bonds. The zero-order valence-electron chi connectivity index (χ0n) is 15.0. The predicted molar refractivity (Wildman–Crippen MR) is 102 cm³/mol. The van der Waals surface area contributed by atoms with Gasteiger partial charge in [-0.2, -0.15) is 0 Å². The van der Waals surface area contributed by atoms with Gasteiger partial charge in [0.15, 0.2) is 0 Å². The SMILES string of the molecule is CC(=O)NC(C)Cc1ccc(-c2ccc(N3CCOCC3)cc2)cc1. The molecule has 4 heteroatoms. The normalized spacial score (nSPS) is 15.7. The molecule has 2 aromatic carbocycles. The van der Waals surface area contributed by atoms with Crippen LogP contribution in [0, 0.1) is 0 Å². The van der Waals surface area contributed by atoms with E-state index >= 15 is 0 Å². The van der Waals surface area contributed by atoms with Crippen molar-refractivity contribution in [2.24, 2.45) is 0 Å². The molecule has 0 spiro atoms. The lowest BCUT2D eigenvalue weighted by Gasteiger charge is -2.28. The van der Waals surface area contributed by atoms with E-state index in [2.05, 4.69) is 58.7 Å². The fourth-order valence-electron chi connectivity index (χ4n) is 3.27. The van der Waals surface area contributed by atoms with E-state index in [-0.39, 0.29) is 11.9 Å². The summed E-state index contributed by atoms with van der Waals surface area (Å²) in [5.74, 6) is 0.0180. The molecule has 0 aliphatic carbocycles. The van der Waals surface area contributed by atoms with Crippen LogP contribution in [0.5, 0.6) is 0 Å². The summed E-state index contributed by atoms with van der Waals surface area (Å²) < 4.78 is 5.41. The second kappa shape index (κ2) is 8.17. The molecule has 2 aromatic rings. The first-order valence-electron chi connectivity index (χ1n) is 8.91. The summed E-state index contributed by atoms with van der Waals surface area (Å²) in [7, 11) is 0. The van der Waals surface area contributed by atoms with Gasteiger partial charge in [-0.25, -0.2) is 0 Å². The average molecular weight is 338 g/mol. The van der Waals surface area contributed by atoms with E-state index in [0.717, 1.165) is 32.7 Å². The van der Waals surface area contributed by atoms with E-state index in [9.17, 15) is 4.79 Å². The maximum absolute atomic E-state index is 11.1. The second-order valence-corrected chi connectivity index (χ2v) is 6.65. The summed E-state index contributed by atoms with van der Waals surface area (Å²) in [6.45, 7) is 7.11. The van der Waals surface area contributed by atoms with E-state index in [1.54, 1.807) is 6.92 Å². The van der Waals surface area contributed by atoms with Crippen molar-refractivity contribution in [3.05, 3.63) is 54.1 Å². The number of ether oxygens (including phenoxy) is 1. The highest BCUT2D eigenvalue weighted by atomic mass is 16.5. The summed E-state index contributed by atoms with van der Waals surface area (Å²) in [4.78, 5) is 13.5. The Morgan fingerprint density at radius 1 is 1.04 bits per heavy atom. The molecule has 1 heterocycles. The molecule has 25 heavy (non-hydrogen) atoms. The molecule has 4 nitrogen and oxygen atoms in total. The maximum Gasteiger partial charge on any atom is 0.217 e. The van der Waals surface area contributed by atoms with Gasteiger partial charge in [-0.15, -0.1) is 0 Å². The van der Waals surface area contributed by atoms with Gasteiger partial charge in [0.2, 0.25) is 5.91 Å². The van der Waals surface area contributed by atoms with Crippen LogP contribution in [0.2, 0.25) is 0 Å². The lowest BCUT2D eigenvalue weighted by atomic mass is 10.0. The fraction of sp³-hybridized carbons (Fsp3) is 0.381. The van der Waals surface area contributed by atoms with Crippen LogP contribution in [-0.2, 0) is 16.0 Å². The highest BCUT2D eigenvalue weighted by Crippen LogP contribution is 2.24. The fourth-order valence-corrected chi connectivity index (χ4v) is 3.27. The van der Waals surface area contributed by atoms with Gasteiger partial charge in [0.25, 0.3) is 0 Å². The minimum Gasteiger partial charge on any atom is -0.378 e. The molecule has 1 aliphatic heterocycles. The Morgan fingerprint density at radius 3 is 2.16 bits per heavy atom. The van der Waals surface area contributed by atoms with Gasteiger partial charge in [-0.3, -0.25) is 4.79 Å². The third kappa shape index (κ3) is 4.83. The molecule has 1 fully saturated rings. The lowest BCUT2D eigenvalue weighted by molar-refractivity contribution is -0.119. The Labute approximate surface area is 149 Å². The minimum absolute atomic E-state index is 0.0180. The number of nitrogens with zero attached hydrogens (tertiary/aromatic N) is 1. The van der Waals surface area contributed by atoms with Gasteiger partial charge in [-0.1, -0.05) is 36.4 Å². The molecule has 3 rings (SSSR count). The third-order valence-corrected chi connectivity index (χ3v) is 4.52. The minimum atomic E-state index is 0.0180. The van der Waals surface area contributed by atoms with E-state index in [1.807, 2.05) is 6.92 Å². The molecule has 132 valence electrons. The molecular weight excluding hydrogens is 312 g/mol. The van der Waals surface area contributed by atoms with Crippen LogP contribution in [0.3, 0.4) is 0 Å². The van der Waals surface area contributed by atoms with E-state index in [4.69, 9.17) is 4.74 Å². The third-order valence-electron chi connectivity index (χ3n) is 4.52. The van der Waals surface area contributed by atoms with Crippen molar-refractivity contribution in [3.8, 4) is 11.1 Å².